The molecule has 0 aliphatic carbocycles. The Morgan fingerprint density at radius 2 is 2.40 bits per heavy atom. The Morgan fingerprint density at radius 1 is 1.53 bits per heavy atom. The van der Waals surface area contributed by atoms with Crippen LogP contribution in [0, 0.1) is 0 Å². The quantitative estimate of drug-likeness (QED) is 0.778. The van der Waals surface area contributed by atoms with Crippen LogP contribution in [0.25, 0.3) is 11.2 Å². The monoisotopic (exact) mass is 222 g/mol. The summed E-state index contributed by atoms with van der Waals surface area (Å²) in [7, 11) is 0. The fraction of sp³-hybridized carbons (Fsp3) is 0.333. The molecular formula is C9H10N4OS. The number of carbonyl (C=O) groups is 1. The molecule has 5 nitrogen and oxygen atoms in total. The van der Waals surface area contributed by atoms with Crippen LogP contribution >= 0.6 is 11.8 Å². The van der Waals surface area contributed by atoms with Crippen LogP contribution in [0.1, 0.15) is 6.92 Å². The molecule has 0 spiro atoms. The number of fused-ring (bicyclic) bond motifs is 1. The maximum Gasteiger partial charge on any atom is 0.185 e. The van der Waals surface area contributed by atoms with Gasteiger partial charge in [-0.25, -0.2) is 15.0 Å². The van der Waals surface area contributed by atoms with Crippen LogP contribution in [0.4, 0.5) is 0 Å². The first kappa shape index (κ1) is 10.1. The average Bonchev–Trinajstić information content (AvgIpc) is 2.62. The second-order valence-corrected chi connectivity index (χ2v) is 4.28. The number of nitrogens with zero attached hydrogens (tertiary/aromatic N) is 4. The van der Waals surface area contributed by atoms with Gasteiger partial charge >= 0.3 is 0 Å². The van der Waals surface area contributed by atoms with E-state index in [0.717, 1.165) is 23.5 Å². The molecule has 0 aliphatic rings. The van der Waals surface area contributed by atoms with Gasteiger partial charge in [-0.2, -0.15) is 0 Å². The van der Waals surface area contributed by atoms with E-state index in [1.165, 1.54) is 18.1 Å². The van der Waals surface area contributed by atoms with Crippen LogP contribution < -0.4 is 0 Å². The topological polar surface area (TPSA) is 60.7 Å². The molecule has 0 atom stereocenters. The number of hydrogen-bond acceptors (Lipinski definition) is 5. The molecule has 0 saturated carbocycles. The van der Waals surface area contributed by atoms with Crippen molar-refractivity contribution >= 4 is 28.0 Å². The minimum Gasteiger partial charge on any atom is -0.314 e. The lowest BCUT2D eigenvalue weighted by atomic mass is 10.5. The lowest BCUT2D eigenvalue weighted by Crippen LogP contribution is -2.01. The number of hydrogen-bond donors (Lipinski definition) is 0. The van der Waals surface area contributed by atoms with Gasteiger partial charge < -0.3 is 4.57 Å². The molecule has 0 unspecified atom stereocenters. The van der Waals surface area contributed by atoms with Crippen molar-refractivity contribution in [2.75, 3.05) is 5.75 Å². The van der Waals surface area contributed by atoms with E-state index in [0.29, 0.717) is 0 Å². The number of thioether (sulfide) groups is 1. The van der Waals surface area contributed by atoms with Gasteiger partial charge in [0.05, 0.1) is 12.5 Å². The van der Waals surface area contributed by atoms with E-state index >= 15 is 0 Å². The number of aryl methyl sites for hydroxylation is 1. The molecule has 78 valence electrons. The zero-order chi connectivity index (χ0) is 10.7. The van der Waals surface area contributed by atoms with Gasteiger partial charge in [0.2, 0.25) is 0 Å². The van der Waals surface area contributed by atoms with Crippen molar-refractivity contribution in [3.8, 4) is 0 Å². The zero-order valence-electron chi connectivity index (χ0n) is 8.25. The molecule has 0 N–H and O–H groups in total. The fourth-order valence-electron chi connectivity index (χ4n) is 1.27. The van der Waals surface area contributed by atoms with E-state index in [1.807, 2.05) is 4.57 Å². The van der Waals surface area contributed by atoms with Gasteiger partial charge in [0.1, 0.15) is 11.8 Å². The summed E-state index contributed by atoms with van der Waals surface area (Å²) in [5, 5.41) is 0.133. The Bertz CT molecular complexity index is 482. The van der Waals surface area contributed by atoms with E-state index in [2.05, 4.69) is 15.0 Å². The van der Waals surface area contributed by atoms with E-state index in [1.54, 1.807) is 19.4 Å². The van der Waals surface area contributed by atoms with Gasteiger partial charge in [0.25, 0.3) is 0 Å². The van der Waals surface area contributed by atoms with Crippen LogP contribution in [0.2, 0.25) is 0 Å². The second-order valence-electron chi connectivity index (χ2n) is 3.01. The Hall–Kier alpha value is -1.43. The number of carbonyl (C=O) groups excluding carboxylic acids is 1. The summed E-state index contributed by atoms with van der Waals surface area (Å²) in [5.74, 6) is 0.741. The molecule has 2 aromatic heterocycles. The highest BCUT2D eigenvalue weighted by molar-refractivity contribution is 8.13. The molecule has 0 saturated heterocycles. The molecular weight excluding hydrogens is 212 g/mol. The largest absolute Gasteiger partial charge is 0.314 e. The molecule has 0 bridgehead atoms. The van der Waals surface area contributed by atoms with Gasteiger partial charge in [0.15, 0.2) is 10.8 Å². The van der Waals surface area contributed by atoms with Crippen molar-refractivity contribution in [1.29, 1.82) is 0 Å². The molecule has 2 rings (SSSR count). The van der Waals surface area contributed by atoms with Gasteiger partial charge in [-0.15, -0.1) is 0 Å². The van der Waals surface area contributed by atoms with Crippen molar-refractivity contribution in [1.82, 2.24) is 19.5 Å². The lowest BCUT2D eigenvalue weighted by molar-refractivity contribution is -0.109. The van der Waals surface area contributed by atoms with Crippen LogP contribution in [0.15, 0.2) is 18.9 Å². The smallest absolute Gasteiger partial charge is 0.185 e. The predicted octanol–water partition coefficient (Wildman–Crippen LogP) is 1.11. The summed E-state index contributed by atoms with van der Waals surface area (Å²) in [6.45, 7) is 2.30. The first-order chi connectivity index (χ1) is 7.27. The summed E-state index contributed by atoms with van der Waals surface area (Å²) in [6, 6.07) is 0. The lowest BCUT2D eigenvalue weighted by Gasteiger charge is -2.00. The summed E-state index contributed by atoms with van der Waals surface area (Å²) in [6.07, 6.45) is 4.90. The first-order valence-corrected chi connectivity index (χ1v) is 5.50. The number of aromatic nitrogens is 4. The predicted molar refractivity (Wildman–Crippen MR) is 58.5 cm³/mol. The molecule has 2 aromatic rings. The van der Waals surface area contributed by atoms with Crippen molar-refractivity contribution in [3.05, 3.63) is 18.9 Å². The molecule has 0 amide bonds. The highest BCUT2D eigenvalue weighted by Gasteiger charge is 2.03. The summed E-state index contributed by atoms with van der Waals surface area (Å²) in [5.41, 5.74) is 1.60. The molecule has 0 aliphatic heterocycles. The average molecular weight is 222 g/mol. The third-order valence-corrected chi connectivity index (χ3v) is 2.71. The normalized spacial score (nSPS) is 10.7. The Balaban J connectivity index is 2.11. The van der Waals surface area contributed by atoms with Crippen LogP contribution in [0.5, 0.6) is 0 Å². The van der Waals surface area contributed by atoms with Crippen molar-refractivity contribution in [2.45, 2.75) is 13.5 Å². The van der Waals surface area contributed by atoms with Crippen LogP contribution in [-0.2, 0) is 11.3 Å². The minimum atomic E-state index is 0.133. The highest BCUT2D eigenvalue weighted by Crippen LogP contribution is 2.09. The van der Waals surface area contributed by atoms with E-state index in [4.69, 9.17) is 0 Å². The third kappa shape index (κ3) is 2.33. The molecule has 0 radical (unpaired) electrons. The molecule has 6 heteroatoms. The maximum atomic E-state index is 10.7. The summed E-state index contributed by atoms with van der Waals surface area (Å²) in [4.78, 5) is 22.9. The third-order valence-electron chi connectivity index (χ3n) is 1.92. The van der Waals surface area contributed by atoms with Crippen LogP contribution in [-0.4, -0.2) is 30.4 Å². The molecule has 15 heavy (non-hydrogen) atoms. The zero-order valence-corrected chi connectivity index (χ0v) is 9.07. The summed E-state index contributed by atoms with van der Waals surface area (Å²) < 4.78 is 1.92. The van der Waals surface area contributed by atoms with Crippen molar-refractivity contribution in [2.24, 2.45) is 0 Å². The number of rotatable bonds is 3. The molecule has 0 fully saturated rings. The van der Waals surface area contributed by atoms with Gasteiger partial charge in [-0.3, -0.25) is 4.79 Å². The van der Waals surface area contributed by atoms with E-state index in [9.17, 15) is 4.79 Å². The second kappa shape index (κ2) is 4.39. The fourth-order valence-corrected chi connectivity index (χ4v) is 1.84. The van der Waals surface area contributed by atoms with Crippen LogP contribution in [0.3, 0.4) is 0 Å². The van der Waals surface area contributed by atoms with E-state index < -0.39 is 0 Å². The Morgan fingerprint density at radius 3 is 3.20 bits per heavy atom. The summed E-state index contributed by atoms with van der Waals surface area (Å²) >= 11 is 1.31. The van der Waals surface area contributed by atoms with Crippen molar-refractivity contribution in [3.63, 3.8) is 0 Å². The van der Waals surface area contributed by atoms with Crippen molar-refractivity contribution < 1.29 is 4.79 Å². The molecule has 2 heterocycles. The standard InChI is InChI=1S/C9H10N4OS/c1-7(14)15-3-2-13-6-12-8-4-10-5-11-9(8)13/h4-6H,2-3H2,1H3. The van der Waals surface area contributed by atoms with E-state index in [-0.39, 0.29) is 5.12 Å². The molecule has 0 aromatic carbocycles. The van der Waals surface area contributed by atoms with Gasteiger partial charge in [-0.1, -0.05) is 11.8 Å². The SMILES string of the molecule is CC(=O)SCCn1cnc2cncnc21. The Kier molecular flexibility index (Phi) is 2.96. The first-order valence-electron chi connectivity index (χ1n) is 4.51. The van der Waals surface area contributed by atoms with Gasteiger partial charge in [-0.05, 0) is 0 Å². The minimum absolute atomic E-state index is 0.133. The van der Waals surface area contributed by atoms with Gasteiger partial charge in [0, 0.05) is 19.2 Å². The maximum absolute atomic E-state index is 10.7. The number of imidazole rings is 1. The highest BCUT2D eigenvalue weighted by atomic mass is 32.2. The Labute approximate surface area is 90.9 Å².